The van der Waals surface area contributed by atoms with Gasteiger partial charge < -0.3 is 10.1 Å². The van der Waals surface area contributed by atoms with Crippen molar-refractivity contribution in [1.29, 1.82) is 0 Å². The fraction of sp³-hybridized carbons (Fsp3) is 0.533. The van der Waals surface area contributed by atoms with Crippen molar-refractivity contribution in [3.05, 3.63) is 23.8 Å². The minimum absolute atomic E-state index is 0.00289. The van der Waals surface area contributed by atoms with Gasteiger partial charge in [-0.3, -0.25) is 4.79 Å². The average Bonchev–Trinajstić information content (AvgIpc) is 2.52. The first-order chi connectivity index (χ1) is 10.4. The Bertz CT molecular complexity index is 639. The van der Waals surface area contributed by atoms with E-state index in [1.54, 1.807) is 0 Å². The predicted molar refractivity (Wildman–Crippen MR) is 84.5 cm³/mol. The molecule has 1 saturated carbocycles. The summed E-state index contributed by atoms with van der Waals surface area (Å²) in [6.07, 6.45) is 5.19. The lowest BCUT2D eigenvalue weighted by Gasteiger charge is -2.21. The van der Waals surface area contributed by atoms with Crippen molar-refractivity contribution in [3.8, 4) is 5.75 Å². The maximum atomic E-state index is 12.2. The summed E-state index contributed by atoms with van der Waals surface area (Å²) in [6, 6.07) is 4.35. The number of methoxy groups -OCH3 is 1. The van der Waals surface area contributed by atoms with Crippen LogP contribution in [0.15, 0.2) is 23.1 Å². The number of benzene rings is 1. The third kappa shape index (κ3) is 4.36. The van der Waals surface area contributed by atoms with Crippen LogP contribution >= 0.6 is 10.7 Å². The molecule has 1 aromatic carbocycles. The fourth-order valence-corrected chi connectivity index (χ4v) is 3.54. The van der Waals surface area contributed by atoms with Gasteiger partial charge in [0.15, 0.2) is 0 Å². The summed E-state index contributed by atoms with van der Waals surface area (Å²) in [5, 5.41) is 2.87. The second-order valence-corrected chi connectivity index (χ2v) is 8.03. The highest BCUT2D eigenvalue weighted by Gasteiger charge is 2.21. The summed E-state index contributed by atoms with van der Waals surface area (Å²) < 4.78 is 28.0. The average molecular weight is 346 g/mol. The molecule has 0 saturated heterocycles. The van der Waals surface area contributed by atoms with E-state index in [1.165, 1.54) is 31.7 Å². The maximum Gasteiger partial charge on any atom is 0.261 e. The first-order valence-corrected chi connectivity index (χ1v) is 9.62. The van der Waals surface area contributed by atoms with Crippen LogP contribution in [0.5, 0.6) is 5.75 Å². The van der Waals surface area contributed by atoms with Gasteiger partial charge in [0.2, 0.25) is 5.91 Å². The van der Waals surface area contributed by atoms with Gasteiger partial charge in [-0.25, -0.2) is 8.42 Å². The molecular weight excluding hydrogens is 326 g/mol. The number of rotatable bonds is 5. The molecule has 0 unspecified atom stereocenters. The standard InChI is InChI=1S/C15H20ClNO4S/c1-21-14-8-7-13(22(16,19)20)9-12(14)10-17-15(18)11-5-3-2-4-6-11/h7-9,11H,2-6,10H2,1H3,(H,17,18). The van der Waals surface area contributed by atoms with E-state index >= 15 is 0 Å². The summed E-state index contributed by atoms with van der Waals surface area (Å²) in [6.45, 7) is 0.221. The molecule has 5 nitrogen and oxygen atoms in total. The lowest BCUT2D eigenvalue weighted by molar-refractivity contribution is -0.126. The van der Waals surface area contributed by atoms with Gasteiger partial charge in [0.1, 0.15) is 5.75 Å². The molecule has 0 radical (unpaired) electrons. The largest absolute Gasteiger partial charge is 0.496 e. The van der Waals surface area contributed by atoms with Crippen molar-refractivity contribution >= 4 is 25.6 Å². The zero-order chi connectivity index (χ0) is 16.2. The molecule has 122 valence electrons. The Labute approximate surface area is 135 Å². The van der Waals surface area contributed by atoms with Crippen LogP contribution in [0.3, 0.4) is 0 Å². The van der Waals surface area contributed by atoms with E-state index in [0.29, 0.717) is 11.3 Å². The third-order valence-electron chi connectivity index (χ3n) is 3.96. The number of ether oxygens (including phenoxy) is 1. The summed E-state index contributed by atoms with van der Waals surface area (Å²) in [5.41, 5.74) is 0.591. The normalized spacial score (nSPS) is 16.3. The van der Waals surface area contributed by atoms with Crippen LogP contribution in [0, 0.1) is 5.92 Å². The van der Waals surface area contributed by atoms with E-state index in [0.717, 1.165) is 25.7 Å². The second-order valence-electron chi connectivity index (χ2n) is 5.46. The molecule has 1 aliphatic carbocycles. The first-order valence-electron chi connectivity index (χ1n) is 7.31. The van der Waals surface area contributed by atoms with Gasteiger partial charge in [-0.2, -0.15) is 0 Å². The zero-order valence-electron chi connectivity index (χ0n) is 12.5. The number of halogens is 1. The van der Waals surface area contributed by atoms with E-state index in [-0.39, 0.29) is 23.3 Å². The Morgan fingerprint density at radius 2 is 2.00 bits per heavy atom. The molecule has 1 N–H and O–H groups in total. The van der Waals surface area contributed by atoms with Crippen LogP contribution in [0.25, 0.3) is 0 Å². The molecule has 22 heavy (non-hydrogen) atoms. The van der Waals surface area contributed by atoms with Crippen molar-refractivity contribution in [2.75, 3.05) is 7.11 Å². The minimum Gasteiger partial charge on any atom is -0.496 e. The molecule has 0 heterocycles. The lowest BCUT2D eigenvalue weighted by Crippen LogP contribution is -2.31. The number of carbonyl (C=O) groups excluding carboxylic acids is 1. The van der Waals surface area contributed by atoms with Gasteiger partial charge in [0, 0.05) is 28.7 Å². The van der Waals surface area contributed by atoms with E-state index in [9.17, 15) is 13.2 Å². The zero-order valence-corrected chi connectivity index (χ0v) is 14.0. The van der Waals surface area contributed by atoms with Crippen LogP contribution in [-0.2, 0) is 20.4 Å². The summed E-state index contributed by atoms with van der Waals surface area (Å²) >= 11 is 0. The number of carbonyl (C=O) groups is 1. The molecule has 0 bridgehead atoms. The first kappa shape index (κ1) is 17.1. The molecule has 1 fully saturated rings. The van der Waals surface area contributed by atoms with Crippen molar-refractivity contribution in [3.63, 3.8) is 0 Å². The van der Waals surface area contributed by atoms with Crippen molar-refractivity contribution in [1.82, 2.24) is 5.32 Å². The molecule has 0 aromatic heterocycles. The van der Waals surface area contributed by atoms with Crippen LogP contribution < -0.4 is 10.1 Å². The number of hydrogen-bond acceptors (Lipinski definition) is 4. The molecule has 0 aliphatic heterocycles. The molecule has 0 spiro atoms. The number of nitrogens with one attached hydrogen (secondary N) is 1. The Hall–Kier alpha value is -1.27. The molecule has 1 aromatic rings. The van der Waals surface area contributed by atoms with Gasteiger partial charge in [-0.05, 0) is 31.0 Å². The van der Waals surface area contributed by atoms with Crippen molar-refractivity contribution in [2.45, 2.75) is 43.5 Å². The van der Waals surface area contributed by atoms with E-state index < -0.39 is 9.05 Å². The van der Waals surface area contributed by atoms with Crippen LogP contribution in [0.4, 0.5) is 0 Å². The maximum absolute atomic E-state index is 12.2. The van der Waals surface area contributed by atoms with E-state index in [2.05, 4.69) is 5.32 Å². The second kappa shape index (κ2) is 7.33. The Morgan fingerprint density at radius 3 is 2.59 bits per heavy atom. The third-order valence-corrected chi connectivity index (χ3v) is 5.31. The topological polar surface area (TPSA) is 72.5 Å². The molecule has 7 heteroatoms. The summed E-state index contributed by atoms with van der Waals surface area (Å²) in [5.74, 6) is 0.591. The summed E-state index contributed by atoms with van der Waals surface area (Å²) in [4.78, 5) is 12.2. The van der Waals surface area contributed by atoms with Crippen molar-refractivity contribution in [2.24, 2.45) is 5.92 Å². The van der Waals surface area contributed by atoms with E-state index in [1.807, 2.05) is 0 Å². The lowest BCUT2D eigenvalue weighted by atomic mass is 9.88. The smallest absolute Gasteiger partial charge is 0.261 e. The molecule has 1 aliphatic rings. The van der Waals surface area contributed by atoms with Gasteiger partial charge in [-0.1, -0.05) is 19.3 Å². The van der Waals surface area contributed by atoms with Gasteiger partial charge in [-0.15, -0.1) is 0 Å². The molecule has 0 atom stereocenters. The number of amides is 1. The Morgan fingerprint density at radius 1 is 1.32 bits per heavy atom. The minimum atomic E-state index is -3.81. The molecule has 2 rings (SSSR count). The predicted octanol–water partition coefficient (Wildman–Crippen LogP) is 2.82. The van der Waals surface area contributed by atoms with Crippen LogP contribution in [0.2, 0.25) is 0 Å². The van der Waals surface area contributed by atoms with Gasteiger partial charge in [0.25, 0.3) is 9.05 Å². The fourth-order valence-electron chi connectivity index (χ4n) is 2.74. The van der Waals surface area contributed by atoms with Crippen LogP contribution in [-0.4, -0.2) is 21.4 Å². The number of hydrogen-bond donors (Lipinski definition) is 1. The quantitative estimate of drug-likeness (QED) is 0.833. The van der Waals surface area contributed by atoms with Gasteiger partial charge >= 0.3 is 0 Å². The Balaban J connectivity index is 2.09. The highest BCUT2D eigenvalue weighted by atomic mass is 35.7. The highest BCUT2D eigenvalue weighted by Crippen LogP contribution is 2.26. The van der Waals surface area contributed by atoms with E-state index in [4.69, 9.17) is 15.4 Å². The highest BCUT2D eigenvalue weighted by molar-refractivity contribution is 8.13. The monoisotopic (exact) mass is 345 g/mol. The Kier molecular flexibility index (Phi) is 5.69. The van der Waals surface area contributed by atoms with Gasteiger partial charge in [0.05, 0.1) is 12.0 Å². The summed E-state index contributed by atoms with van der Waals surface area (Å²) in [7, 11) is 3.05. The SMILES string of the molecule is COc1ccc(S(=O)(=O)Cl)cc1CNC(=O)C1CCCCC1. The molecule has 1 amide bonds. The van der Waals surface area contributed by atoms with Crippen molar-refractivity contribution < 1.29 is 17.9 Å². The molecular formula is C15H20ClNO4S. The van der Waals surface area contributed by atoms with Crippen LogP contribution in [0.1, 0.15) is 37.7 Å².